The Morgan fingerprint density at radius 2 is 1.48 bits per heavy atom. The van der Waals surface area contributed by atoms with E-state index in [0.29, 0.717) is 9.79 Å². The Hall–Kier alpha value is -3.33. The molecule has 2 amide bonds. The number of carbonyl (C=O) groups is 3. The van der Waals surface area contributed by atoms with Crippen molar-refractivity contribution in [2.45, 2.75) is 0 Å². The van der Waals surface area contributed by atoms with Crippen molar-refractivity contribution in [2.24, 2.45) is 0 Å². The number of nitrogens with zero attached hydrogens (tertiary/aromatic N) is 2. The molecule has 118 valence electrons. The van der Waals surface area contributed by atoms with Crippen LogP contribution in [0.1, 0.15) is 20.7 Å². The van der Waals surface area contributed by atoms with E-state index in [1.165, 1.54) is 12.1 Å². The zero-order valence-corrected chi connectivity index (χ0v) is 11.5. The van der Waals surface area contributed by atoms with Gasteiger partial charge in [0.05, 0.1) is 11.1 Å². The third-order valence-electron chi connectivity index (χ3n) is 3.06. The zero-order chi connectivity index (χ0) is 16.6. The smallest absolute Gasteiger partial charge is 0.361 e. The molecule has 0 saturated heterocycles. The minimum absolute atomic E-state index is 0.173. The van der Waals surface area contributed by atoms with Crippen molar-refractivity contribution in [1.29, 1.82) is 0 Å². The van der Waals surface area contributed by atoms with Crippen molar-refractivity contribution in [3.63, 3.8) is 0 Å². The van der Waals surface area contributed by atoms with E-state index >= 15 is 0 Å². The molecule has 3 rings (SSSR count). The lowest BCUT2D eigenvalue weighted by molar-refractivity contribution is -0.163. The minimum atomic E-state index is -1.04. The van der Waals surface area contributed by atoms with Crippen LogP contribution in [-0.4, -0.2) is 44.4 Å². The molecule has 1 aliphatic rings. The van der Waals surface area contributed by atoms with Crippen molar-refractivity contribution in [2.75, 3.05) is 6.61 Å². The topological polar surface area (TPSA) is 118 Å². The number of hydrogen-bond acceptors (Lipinski definition) is 7. The summed E-state index contributed by atoms with van der Waals surface area (Å²) in [6.07, 6.45) is 0. The predicted octanol–water partition coefficient (Wildman–Crippen LogP) is 0.0823. The first-order chi connectivity index (χ1) is 11.0. The van der Waals surface area contributed by atoms with Crippen LogP contribution in [-0.2, 0) is 9.63 Å². The number of hydrogen-bond donors (Lipinski definition) is 2. The molecule has 9 nitrogen and oxygen atoms in total. The molecule has 0 fully saturated rings. The monoisotopic (exact) mass is 318 g/mol. The zero-order valence-electron chi connectivity index (χ0n) is 11.5. The van der Waals surface area contributed by atoms with E-state index in [0.717, 1.165) is 12.1 Å². The van der Waals surface area contributed by atoms with Gasteiger partial charge in [-0.2, -0.15) is 0 Å². The Morgan fingerprint density at radius 3 is 2.00 bits per heavy atom. The Kier molecular flexibility index (Phi) is 3.47. The van der Waals surface area contributed by atoms with Gasteiger partial charge in [0, 0.05) is 12.1 Å². The maximum Gasteiger partial charge on any atom is 0.361 e. The summed E-state index contributed by atoms with van der Waals surface area (Å²) in [5.74, 6) is -3.42. The summed E-state index contributed by atoms with van der Waals surface area (Å²) in [4.78, 5) is 45.1. The van der Waals surface area contributed by atoms with E-state index < -0.39 is 36.2 Å². The number of carbonyl (C=O) groups excluding carboxylic acids is 3. The third-order valence-corrected chi connectivity index (χ3v) is 3.06. The van der Waals surface area contributed by atoms with Crippen molar-refractivity contribution in [1.82, 2.24) is 9.79 Å². The van der Waals surface area contributed by atoms with Gasteiger partial charge >= 0.3 is 5.97 Å². The van der Waals surface area contributed by atoms with E-state index in [2.05, 4.69) is 4.84 Å². The van der Waals surface area contributed by atoms with Crippen LogP contribution < -0.4 is 4.84 Å². The van der Waals surface area contributed by atoms with Crippen molar-refractivity contribution >= 4 is 17.8 Å². The Labute approximate surface area is 128 Å². The van der Waals surface area contributed by atoms with E-state index in [1.807, 2.05) is 0 Å². The van der Waals surface area contributed by atoms with Crippen molar-refractivity contribution < 1.29 is 34.3 Å². The first-order valence-electron chi connectivity index (χ1n) is 6.40. The molecule has 1 aromatic carbocycles. The first kappa shape index (κ1) is 14.6. The number of fused-ring (bicyclic) bond motifs is 1. The quantitative estimate of drug-likeness (QED) is 0.766. The predicted molar refractivity (Wildman–Crippen MR) is 72.2 cm³/mol. The second-order valence-corrected chi connectivity index (χ2v) is 4.53. The molecule has 2 aromatic rings. The van der Waals surface area contributed by atoms with Crippen LogP contribution in [0.3, 0.4) is 0 Å². The molecule has 0 aliphatic carbocycles. The highest BCUT2D eigenvalue weighted by molar-refractivity contribution is 6.20. The Morgan fingerprint density at radius 1 is 0.957 bits per heavy atom. The lowest BCUT2D eigenvalue weighted by Gasteiger charge is -2.13. The molecule has 1 aromatic heterocycles. The van der Waals surface area contributed by atoms with Crippen LogP contribution in [0.4, 0.5) is 0 Å². The van der Waals surface area contributed by atoms with Gasteiger partial charge in [-0.15, -0.1) is 9.79 Å². The highest BCUT2D eigenvalue weighted by atomic mass is 16.7. The number of hydroxylamine groups is 2. The summed E-state index contributed by atoms with van der Waals surface area (Å²) in [5, 5.41) is 19.1. The number of imide groups is 1. The van der Waals surface area contributed by atoms with E-state index in [9.17, 15) is 24.6 Å². The Bertz CT molecular complexity index is 757. The summed E-state index contributed by atoms with van der Waals surface area (Å²) in [7, 11) is 0. The molecule has 0 bridgehead atoms. The maximum absolute atomic E-state index is 12.0. The van der Waals surface area contributed by atoms with Crippen LogP contribution in [0.15, 0.2) is 36.4 Å². The van der Waals surface area contributed by atoms with Crippen molar-refractivity contribution in [3.8, 4) is 11.8 Å². The first-order valence-corrected chi connectivity index (χ1v) is 6.40. The van der Waals surface area contributed by atoms with Gasteiger partial charge in [-0.05, 0) is 12.1 Å². The van der Waals surface area contributed by atoms with Crippen LogP contribution in [0.25, 0.3) is 0 Å². The average molecular weight is 318 g/mol. The van der Waals surface area contributed by atoms with Gasteiger partial charge in [-0.3, -0.25) is 14.4 Å². The van der Waals surface area contributed by atoms with Gasteiger partial charge in [0.25, 0.3) is 11.8 Å². The molecule has 0 atom stereocenters. The normalized spacial score (nSPS) is 13.3. The second kappa shape index (κ2) is 5.46. The van der Waals surface area contributed by atoms with E-state index in [4.69, 9.17) is 4.84 Å². The lowest BCUT2D eigenvalue weighted by atomic mass is 10.1. The SMILES string of the molecule is O=C(CON1C(=O)c2ccccc2C1=O)On1c(O)ccc1O. The van der Waals surface area contributed by atoms with Gasteiger partial charge in [0.15, 0.2) is 6.61 Å². The standard InChI is InChI=1S/C14H10N2O7/c17-10-5-6-11(18)15(10)23-12(19)7-22-16-13(20)8-3-1-2-4-9(8)14(16)21/h1-6,17-18H,7H2. The Balaban J connectivity index is 1.64. The van der Waals surface area contributed by atoms with Gasteiger partial charge in [0.2, 0.25) is 11.8 Å². The van der Waals surface area contributed by atoms with Crippen molar-refractivity contribution in [3.05, 3.63) is 47.5 Å². The molecule has 2 heterocycles. The van der Waals surface area contributed by atoms with Crippen LogP contribution in [0.2, 0.25) is 0 Å². The fourth-order valence-electron chi connectivity index (χ4n) is 2.03. The molecule has 23 heavy (non-hydrogen) atoms. The van der Waals surface area contributed by atoms with E-state index in [1.54, 1.807) is 12.1 Å². The highest BCUT2D eigenvalue weighted by Gasteiger charge is 2.37. The molecule has 0 unspecified atom stereocenters. The molecule has 0 saturated carbocycles. The third kappa shape index (κ3) is 2.49. The molecule has 2 N–H and O–H groups in total. The van der Waals surface area contributed by atoms with Crippen LogP contribution in [0.5, 0.6) is 11.8 Å². The number of aromatic hydroxyl groups is 2. The molecule has 9 heteroatoms. The van der Waals surface area contributed by atoms with Crippen LogP contribution in [0, 0.1) is 0 Å². The lowest BCUT2D eigenvalue weighted by Crippen LogP contribution is -2.34. The van der Waals surface area contributed by atoms with Gasteiger partial charge < -0.3 is 15.1 Å². The summed E-state index contributed by atoms with van der Waals surface area (Å²) in [6.45, 7) is -0.775. The number of amides is 2. The summed E-state index contributed by atoms with van der Waals surface area (Å²) >= 11 is 0. The summed E-state index contributed by atoms with van der Waals surface area (Å²) < 4.78 is 0.466. The molecular formula is C14H10N2O7. The molecule has 0 spiro atoms. The average Bonchev–Trinajstić information content (AvgIpc) is 2.98. The van der Waals surface area contributed by atoms with E-state index in [-0.39, 0.29) is 11.1 Å². The molecule has 1 aliphatic heterocycles. The fraction of sp³-hybridized carbons (Fsp3) is 0.0714. The largest absolute Gasteiger partial charge is 0.492 e. The van der Waals surface area contributed by atoms with Gasteiger partial charge in [0.1, 0.15) is 0 Å². The number of rotatable bonds is 4. The highest BCUT2D eigenvalue weighted by Crippen LogP contribution is 2.22. The molecule has 0 radical (unpaired) electrons. The van der Waals surface area contributed by atoms with Gasteiger partial charge in [-0.25, -0.2) is 4.79 Å². The van der Waals surface area contributed by atoms with Gasteiger partial charge in [-0.1, -0.05) is 12.1 Å². The second-order valence-electron chi connectivity index (χ2n) is 4.53. The maximum atomic E-state index is 12.0. The summed E-state index contributed by atoms with van der Waals surface area (Å²) in [5.41, 5.74) is 0.345. The minimum Gasteiger partial charge on any atom is -0.492 e. The summed E-state index contributed by atoms with van der Waals surface area (Å²) in [6, 6.07) is 8.33. The number of aromatic nitrogens is 1. The van der Waals surface area contributed by atoms with Crippen LogP contribution >= 0.6 is 0 Å². The fourth-order valence-corrected chi connectivity index (χ4v) is 2.03. The number of benzene rings is 1. The molecular weight excluding hydrogens is 308 g/mol.